The Balaban J connectivity index is 0.00000507. The number of nitrogens with one attached hydrogen (secondary N) is 1. The van der Waals surface area contributed by atoms with E-state index in [0.29, 0.717) is 11.4 Å². The van der Waals surface area contributed by atoms with Gasteiger partial charge in [-0.3, -0.25) is 19.5 Å². The highest BCUT2D eigenvalue weighted by Gasteiger charge is 2.25. The monoisotopic (exact) mass is 505 g/mol. The lowest BCUT2D eigenvalue weighted by Crippen LogP contribution is -2.41. The van der Waals surface area contributed by atoms with Crippen LogP contribution in [0.5, 0.6) is 0 Å². The van der Waals surface area contributed by atoms with E-state index < -0.39 is 17.6 Å². The van der Waals surface area contributed by atoms with Crippen molar-refractivity contribution in [2.24, 2.45) is 0 Å². The van der Waals surface area contributed by atoms with Gasteiger partial charge in [-0.05, 0) is 50.5 Å². The van der Waals surface area contributed by atoms with Crippen LogP contribution in [-0.2, 0) is 22.5 Å². The fourth-order valence-corrected chi connectivity index (χ4v) is 3.56. The van der Waals surface area contributed by atoms with Gasteiger partial charge in [-0.2, -0.15) is 0 Å². The van der Waals surface area contributed by atoms with Crippen molar-refractivity contribution in [3.8, 4) is 11.1 Å². The van der Waals surface area contributed by atoms with Crippen molar-refractivity contribution in [3.05, 3.63) is 72.1 Å². The number of hydrogen-bond donors (Lipinski definition) is 1. The predicted molar refractivity (Wildman–Crippen MR) is 143 cm³/mol. The SMILES string of the molecule is CCC(=O)c1ncc(-c2cccc(CC)c2)cc1NC(=O)CN(Cc1ccncn1)C(=O)OC(C)(C)C.[HH]. The first-order valence-corrected chi connectivity index (χ1v) is 12.2. The third-order valence-corrected chi connectivity index (χ3v) is 5.40. The molecular formula is C28H35N5O4. The molecule has 2 amide bonds. The maximum atomic E-state index is 13.2. The second kappa shape index (κ2) is 12.2. The molecule has 0 atom stereocenters. The molecule has 0 bridgehead atoms. The second-order valence-corrected chi connectivity index (χ2v) is 9.54. The molecule has 2 aromatic heterocycles. The standard InChI is InChI=1S/C28H33N5O4.H2/c1-6-19-9-8-10-20(13-19)21-14-23(26(30-15-21)24(34)7-2)32-25(35)17-33(27(36)37-28(3,4)5)16-22-11-12-29-18-31-22;/h8-15,18H,6-7,16-17H2,1-5H3,(H,32,35);1H. The number of hydrogen-bond acceptors (Lipinski definition) is 7. The number of ketones is 1. The summed E-state index contributed by atoms with van der Waals surface area (Å²) in [6.45, 7) is 8.80. The number of benzene rings is 1. The van der Waals surface area contributed by atoms with Gasteiger partial charge in [-0.15, -0.1) is 0 Å². The molecule has 0 unspecified atom stereocenters. The van der Waals surface area contributed by atoms with Crippen LogP contribution in [0.4, 0.5) is 10.5 Å². The zero-order valence-electron chi connectivity index (χ0n) is 21.9. The fraction of sp³-hybridized carbons (Fsp3) is 0.357. The molecular weight excluding hydrogens is 470 g/mol. The van der Waals surface area contributed by atoms with Gasteiger partial charge in [0.2, 0.25) is 5.91 Å². The molecule has 0 aliphatic rings. The first kappa shape index (κ1) is 27.4. The lowest BCUT2D eigenvalue weighted by atomic mass is 10.0. The number of Topliss-reactive ketones (excluding diaryl/α,β-unsaturated/α-hetero) is 1. The van der Waals surface area contributed by atoms with Crippen molar-refractivity contribution >= 4 is 23.5 Å². The third-order valence-electron chi connectivity index (χ3n) is 5.40. The maximum absolute atomic E-state index is 13.2. The van der Waals surface area contributed by atoms with Gasteiger partial charge >= 0.3 is 6.09 Å². The van der Waals surface area contributed by atoms with Crippen LogP contribution < -0.4 is 5.32 Å². The van der Waals surface area contributed by atoms with Crippen molar-refractivity contribution in [3.63, 3.8) is 0 Å². The number of anilines is 1. The van der Waals surface area contributed by atoms with Gasteiger partial charge in [-0.25, -0.2) is 14.8 Å². The van der Waals surface area contributed by atoms with E-state index in [1.165, 1.54) is 11.2 Å². The van der Waals surface area contributed by atoms with E-state index >= 15 is 0 Å². The number of aryl methyl sites for hydroxylation is 1. The fourth-order valence-electron chi connectivity index (χ4n) is 3.56. The topological polar surface area (TPSA) is 114 Å². The molecule has 0 saturated carbocycles. The van der Waals surface area contributed by atoms with Crippen LogP contribution in [0.3, 0.4) is 0 Å². The minimum Gasteiger partial charge on any atom is -0.444 e. The molecule has 0 spiro atoms. The van der Waals surface area contributed by atoms with Crippen LogP contribution in [0.25, 0.3) is 11.1 Å². The molecule has 196 valence electrons. The first-order chi connectivity index (χ1) is 17.6. The summed E-state index contributed by atoms with van der Waals surface area (Å²) in [5, 5.41) is 2.79. The van der Waals surface area contributed by atoms with Crippen LogP contribution in [0.15, 0.2) is 55.1 Å². The lowest BCUT2D eigenvalue weighted by molar-refractivity contribution is -0.117. The summed E-state index contributed by atoms with van der Waals surface area (Å²) in [6, 6.07) is 11.4. The van der Waals surface area contributed by atoms with Crippen molar-refractivity contribution in [2.45, 2.75) is 59.6 Å². The van der Waals surface area contributed by atoms with Crippen molar-refractivity contribution in [1.82, 2.24) is 19.9 Å². The quantitative estimate of drug-likeness (QED) is 0.392. The van der Waals surface area contributed by atoms with Gasteiger partial charge in [-0.1, -0.05) is 38.1 Å². The maximum Gasteiger partial charge on any atom is 0.411 e. The summed E-state index contributed by atoms with van der Waals surface area (Å²) >= 11 is 0. The Hall–Kier alpha value is -4.14. The van der Waals surface area contributed by atoms with Gasteiger partial charge in [0.25, 0.3) is 0 Å². The molecule has 0 radical (unpaired) electrons. The molecule has 37 heavy (non-hydrogen) atoms. The molecule has 1 N–H and O–H groups in total. The first-order valence-electron chi connectivity index (χ1n) is 12.2. The van der Waals surface area contributed by atoms with Crippen LogP contribution in [0.1, 0.15) is 64.2 Å². The number of ether oxygens (including phenoxy) is 1. The van der Waals surface area contributed by atoms with Crippen LogP contribution in [-0.4, -0.2) is 49.8 Å². The summed E-state index contributed by atoms with van der Waals surface area (Å²) in [7, 11) is 0. The molecule has 3 aromatic rings. The van der Waals surface area contributed by atoms with Crippen LogP contribution in [0.2, 0.25) is 0 Å². The van der Waals surface area contributed by atoms with Crippen molar-refractivity contribution in [2.75, 3.05) is 11.9 Å². The molecule has 1 aromatic carbocycles. The number of pyridine rings is 1. The molecule has 0 aliphatic heterocycles. The molecule has 9 nitrogen and oxygen atoms in total. The zero-order valence-corrected chi connectivity index (χ0v) is 21.9. The molecule has 9 heteroatoms. The Morgan fingerprint density at radius 3 is 2.49 bits per heavy atom. The average Bonchev–Trinajstić information content (AvgIpc) is 2.87. The number of nitrogens with zero attached hydrogens (tertiary/aromatic N) is 4. The van der Waals surface area contributed by atoms with E-state index in [1.54, 1.807) is 52.2 Å². The molecule has 2 heterocycles. The smallest absolute Gasteiger partial charge is 0.411 e. The average molecular weight is 506 g/mol. The van der Waals surface area contributed by atoms with Gasteiger partial charge in [0.05, 0.1) is 17.9 Å². The number of carbonyl (C=O) groups excluding carboxylic acids is 3. The molecule has 0 aliphatic carbocycles. The van der Waals surface area contributed by atoms with Crippen LogP contribution >= 0.6 is 0 Å². The predicted octanol–water partition coefficient (Wildman–Crippen LogP) is 5.32. The minimum absolute atomic E-state index is 0. The number of rotatable bonds is 9. The minimum atomic E-state index is -0.747. The van der Waals surface area contributed by atoms with E-state index in [1.807, 2.05) is 18.2 Å². The van der Waals surface area contributed by atoms with E-state index in [0.717, 1.165) is 23.1 Å². The summed E-state index contributed by atoms with van der Waals surface area (Å²) in [5.41, 5.74) is 3.13. The van der Waals surface area contributed by atoms with Gasteiger partial charge in [0.15, 0.2) is 5.78 Å². The number of amides is 2. The third kappa shape index (κ3) is 7.93. The Labute approximate surface area is 218 Å². The van der Waals surface area contributed by atoms with Crippen LogP contribution in [0, 0.1) is 0 Å². The number of aromatic nitrogens is 3. The van der Waals surface area contributed by atoms with Gasteiger partial charge < -0.3 is 10.1 Å². The van der Waals surface area contributed by atoms with E-state index in [4.69, 9.17) is 4.74 Å². The van der Waals surface area contributed by atoms with E-state index in [-0.39, 0.29) is 32.4 Å². The Kier molecular flexibility index (Phi) is 9.05. The highest BCUT2D eigenvalue weighted by molar-refractivity contribution is 6.04. The molecule has 3 rings (SSSR count). The lowest BCUT2D eigenvalue weighted by Gasteiger charge is -2.27. The van der Waals surface area contributed by atoms with Gasteiger partial charge in [0, 0.05) is 25.8 Å². The Bertz CT molecular complexity index is 1260. The molecule has 0 fully saturated rings. The second-order valence-electron chi connectivity index (χ2n) is 9.54. The van der Waals surface area contributed by atoms with Gasteiger partial charge in [0.1, 0.15) is 24.2 Å². The normalized spacial score (nSPS) is 11.1. The number of carbonyl (C=O) groups is 3. The highest BCUT2D eigenvalue weighted by Crippen LogP contribution is 2.26. The Morgan fingerprint density at radius 1 is 1.05 bits per heavy atom. The summed E-state index contributed by atoms with van der Waals surface area (Å²) in [6.07, 6.45) is 5.02. The van der Waals surface area contributed by atoms with Crippen molar-refractivity contribution in [1.29, 1.82) is 0 Å². The highest BCUT2D eigenvalue weighted by atomic mass is 16.6. The summed E-state index contributed by atoms with van der Waals surface area (Å²) in [4.78, 5) is 52.3. The van der Waals surface area contributed by atoms with Crippen molar-refractivity contribution < 1.29 is 20.5 Å². The summed E-state index contributed by atoms with van der Waals surface area (Å²) in [5.74, 6) is -0.694. The largest absolute Gasteiger partial charge is 0.444 e. The summed E-state index contributed by atoms with van der Waals surface area (Å²) < 4.78 is 5.50. The molecule has 0 saturated heterocycles. The Morgan fingerprint density at radius 2 is 1.84 bits per heavy atom. The van der Waals surface area contributed by atoms with E-state index in [2.05, 4.69) is 33.3 Å². The van der Waals surface area contributed by atoms with E-state index in [9.17, 15) is 14.4 Å². The zero-order chi connectivity index (χ0) is 27.0.